The Hall–Kier alpha value is -2.04. The van der Waals surface area contributed by atoms with Crippen LogP contribution in [0.5, 0.6) is 5.75 Å². The Labute approximate surface area is 118 Å². The van der Waals surface area contributed by atoms with Crippen LogP contribution in [0.4, 0.5) is 0 Å². The van der Waals surface area contributed by atoms with E-state index in [1.807, 2.05) is 31.2 Å². The molecule has 2 N–H and O–H groups in total. The van der Waals surface area contributed by atoms with Gasteiger partial charge in [-0.1, -0.05) is 19.1 Å². The van der Waals surface area contributed by atoms with E-state index in [9.17, 15) is 9.59 Å². The van der Waals surface area contributed by atoms with Gasteiger partial charge in [-0.2, -0.15) is 0 Å². The van der Waals surface area contributed by atoms with Crippen molar-refractivity contribution in [2.24, 2.45) is 0 Å². The number of carboxylic acids is 1. The Morgan fingerprint density at radius 2 is 1.95 bits per heavy atom. The third-order valence-corrected chi connectivity index (χ3v) is 3.07. The Morgan fingerprint density at radius 3 is 2.50 bits per heavy atom. The number of carbonyl (C=O) groups is 2. The van der Waals surface area contributed by atoms with Gasteiger partial charge in [-0.3, -0.25) is 9.59 Å². The number of amides is 1. The van der Waals surface area contributed by atoms with E-state index in [1.165, 1.54) is 0 Å². The molecule has 5 heteroatoms. The average molecular weight is 279 g/mol. The molecule has 0 saturated heterocycles. The van der Waals surface area contributed by atoms with Crippen LogP contribution in [0.3, 0.4) is 0 Å². The molecule has 0 aliphatic carbocycles. The minimum atomic E-state index is -0.842. The van der Waals surface area contributed by atoms with Gasteiger partial charge in [0.25, 0.3) is 0 Å². The summed E-state index contributed by atoms with van der Waals surface area (Å²) in [5.41, 5.74) is 1.08. The van der Waals surface area contributed by atoms with E-state index in [0.29, 0.717) is 19.4 Å². The number of rotatable bonds is 8. The molecular formula is C15H21NO4. The summed E-state index contributed by atoms with van der Waals surface area (Å²) >= 11 is 0. The first-order valence-electron chi connectivity index (χ1n) is 6.65. The summed E-state index contributed by atoms with van der Waals surface area (Å²) in [5.74, 6) is 0.00371. The molecule has 110 valence electrons. The summed E-state index contributed by atoms with van der Waals surface area (Å²) in [6, 6.07) is 7.63. The number of methoxy groups -OCH3 is 1. The second kappa shape index (κ2) is 8.19. The van der Waals surface area contributed by atoms with Crippen LogP contribution in [0.15, 0.2) is 24.3 Å². The van der Waals surface area contributed by atoms with Gasteiger partial charge in [-0.15, -0.1) is 0 Å². The monoisotopic (exact) mass is 279 g/mol. The lowest BCUT2D eigenvalue weighted by Gasteiger charge is -2.12. The zero-order valence-electron chi connectivity index (χ0n) is 11.9. The summed E-state index contributed by atoms with van der Waals surface area (Å²) in [6.45, 7) is 2.39. The average Bonchev–Trinajstić information content (AvgIpc) is 2.43. The lowest BCUT2D eigenvalue weighted by atomic mass is 9.97. The highest BCUT2D eigenvalue weighted by atomic mass is 16.5. The van der Waals surface area contributed by atoms with Gasteiger partial charge < -0.3 is 15.2 Å². The maximum Gasteiger partial charge on any atom is 0.303 e. The third-order valence-electron chi connectivity index (χ3n) is 3.07. The van der Waals surface area contributed by atoms with Crippen molar-refractivity contribution in [2.45, 2.75) is 32.1 Å². The van der Waals surface area contributed by atoms with Crippen molar-refractivity contribution in [3.05, 3.63) is 29.8 Å². The number of ether oxygens (including phenoxy) is 1. The standard InChI is InChI=1S/C15H21NO4/c1-11(12-5-7-13(20-2)8-6-12)10-14(17)16-9-3-4-15(18)19/h5-8,11H,3-4,9-10H2,1-2H3,(H,16,17)(H,18,19). The molecule has 0 fully saturated rings. The van der Waals surface area contributed by atoms with Crippen molar-refractivity contribution >= 4 is 11.9 Å². The van der Waals surface area contributed by atoms with E-state index in [4.69, 9.17) is 9.84 Å². The lowest BCUT2D eigenvalue weighted by molar-refractivity contribution is -0.137. The van der Waals surface area contributed by atoms with Gasteiger partial charge in [0, 0.05) is 19.4 Å². The van der Waals surface area contributed by atoms with Crippen LogP contribution < -0.4 is 10.1 Å². The Bertz CT molecular complexity index is 442. The highest BCUT2D eigenvalue weighted by Crippen LogP contribution is 2.21. The molecule has 1 rings (SSSR count). The van der Waals surface area contributed by atoms with Crippen LogP contribution in [0.25, 0.3) is 0 Å². The van der Waals surface area contributed by atoms with Gasteiger partial charge in [0.2, 0.25) is 5.91 Å². The van der Waals surface area contributed by atoms with Gasteiger partial charge in [-0.25, -0.2) is 0 Å². The van der Waals surface area contributed by atoms with Crippen molar-refractivity contribution in [1.29, 1.82) is 0 Å². The molecule has 0 saturated carbocycles. The Morgan fingerprint density at radius 1 is 1.30 bits per heavy atom. The second-order valence-electron chi connectivity index (χ2n) is 4.73. The summed E-state index contributed by atoms with van der Waals surface area (Å²) < 4.78 is 5.09. The second-order valence-corrected chi connectivity index (χ2v) is 4.73. The summed E-state index contributed by atoms with van der Waals surface area (Å²) in [7, 11) is 1.61. The molecule has 0 aliphatic heterocycles. The predicted octanol–water partition coefficient (Wildman–Crippen LogP) is 2.17. The highest BCUT2D eigenvalue weighted by molar-refractivity contribution is 5.76. The predicted molar refractivity (Wildman–Crippen MR) is 75.9 cm³/mol. The maximum absolute atomic E-state index is 11.7. The molecule has 0 bridgehead atoms. The van der Waals surface area contributed by atoms with Gasteiger partial charge in [-0.05, 0) is 30.0 Å². The van der Waals surface area contributed by atoms with E-state index >= 15 is 0 Å². The topological polar surface area (TPSA) is 75.6 Å². The highest BCUT2D eigenvalue weighted by Gasteiger charge is 2.11. The summed E-state index contributed by atoms with van der Waals surface area (Å²) in [6.07, 6.45) is 0.922. The first-order valence-corrected chi connectivity index (χ1v) is 6.65. The number of carboxylic acid groups (broad SMARTS) is 1. The number of aliphatic carboxylic acids is 1. The number of nitrogens with one attached hydrogen (secondary N) is 1. The Balaban J connectivity index is 2.34. The zero-order valence-corrected chi connectivity index (χ0v) is 11.9. The number of benzene rings is 1. The van der Waals surface area contributed by atoms with Gasteiger partial charge in [0.05, 0.1) is 7.11 Å². The molecule has 0 aliphatic rings. The maximum atomic E-state index is 11.7. The smallest absolute Gasteiger partial charge is 0.303 e. The molecule has 1 aromatic rings. The molecule has 0 aromatic heterocycles. The van der Waals surface area contributed by atoms with Gasteiger partial charge >= 0.3 is 5.97 Å². The van der Waals surface area contributed by atoms with E-state index in [0.717, 1.165) is 11.3 Å². The number of carbonyl (C=O) groups excluding carboxylic acids is 1. The van der Waals surface area contributed by atoms with E-state index in [2.05, 4.69) is 5.32 Å². The van der Waals surface area contributed by atoms with Crippen LogP contribution in [0.1, 0.15) is 37.7 Å². The fourth-order valence-corrected chi connectivity index (χ4v) is 1.87. The SMILES string of the molecule is COc1ccc(C(C)CC(=O)NCCCC(=O)O)cc1. The summed E-state index contributed by atoms with van der Waals surface area (Å²) in [5, 5.41) is 11.2. The molecule has 5 nitrogen and oxygen atoms in total. The quantitative estimate of drug-likeness (QED) is 0.715. The molecule has 0 spiro atoms. The molecule has 1 aromatic carbocycles. The molecule has 1 unspecified atom stereocenters. The number of hydrogen-bond acceptors (Lipinski definition) is 3. The molecule has 1 amide bonds. The number of hydrogen-bond donors (Lipinski definition) is 2. The van der Waals surface area contributed by atoms with Crippen LogP contribution >= 0.6 is 0 Å². The first-order chi connectivity index (χ1) is 9.52. The van der Waals surface area contributed by atoms with Gasteiger partial charge in [0.1, 0.15) is 5.75 Å². The largest absolute Gasteiger partial charge is 0.497 e. The minimum Gasteiger partial charge on any atom is -0.497 e. The van der Waals surface area contributed by atoms with Crippen LogP contribution in [-0.4, -0.2) is 30.6 Å². The van der Waals surface area contributed by atoms with E-state index in [-0.39, 0.29) is 18.2 Å². The lowest BCUT2D eigenvalue weighted by Crippen LogP contribution is -2.26. The van der Waals surface area contributed by atoms with E-state index in [1.54, 1.807) is 7.11 Å². The fourth-order valence-electron chi connectivity index (χ4n) is 1.87. The van der Waals surface area contributed by atoms with Crippen LogP contribution in [0, 0.1) is 0 Å². The van der Waals surface area contributed by atoms with Crippen LogP contribution in [0.2, 0.25) is 0 Å². The van der Waals surface area contributed by atoms with Crippen LogP contribution in [-0.2, 0) is 9.59 Å². The summed E-state index contributed by atoms with van der Waals surface area (Å²) in [4.78, 5) is 22.0. The molecular weight excluding hydrogens is 258 g/mol. The van der Waals surface area contributed by atoms with Crippen molar-refractivity contribution in [3.63, 3.8) is 0 Å². The normalized spacial score (nSPS) is 11.7. The Kier molecular flexibility index (Phi) is 6.56. The first kappa shape index (κ1) is 16.0. The van der Waals surface area contributed by atoms with Crippen molar-refractivity contribution < 1.29 is 19.4 Å². The molecule has 0 heterocycles. The van der Waals surface area contributed by atoms with Gasteiger partial charge in [0.15, 0.2) is 0 Å². The van der Waals surface area contributed by atoms with Crippen molar-refractivity contribution in [2.75, 3.05) is 13.7 Å². The zero-order chi connectivity index (χ0) is 15.0. The van der Waals surface area contributed by atoms with Crippen molar-refractivity contribution in [3.8, 4) is 5.75 Å². The fraction of sp³-hybridized carbons (Fsp3) is 0.467. The molecule has 1 atom stereocenters. The van der Waals surface area contributed by atoms with Crippen molar-refractivity contribution in [1.82, 2.24) is 5.32 Å². The van der Waals surface area contributed by atoms with E-state index < -0.39 is 5.97 Å². The minimum absolute atomic E-state index is 0.0568. The third kappa shape index (κ3) is 5.73. The molecule has 20 heavy (non-hydrogen) atoms. The molecule has 0 radical (unpaired) electrons.